The molecule has 0 rings (SSSR count). The molecule has 0 atom stereocenters. The summed E-state index contributed by atoms with van der Waals surface area (Å²) in [5.74, 6) is -0.933. The zero-order valence-electron chi connectivity index (χ0n) is 17.8. The molecule has 0 spiro atoms. The van der Waals surface area contributed by atoms with Gasteiger partial charge < -0.3 is 30.2 Å². The van der Waals surface area contributed by atoms with Crippen LogP contribution in [0.3, 0.4) is 0 Å². The van der Waals surface area contributed by atoms with Crippen LogP contribution >= 0.6 is 0 Å². The van der Waals surface area contributed by atoms with Gasteiger partial charge in [-0.1, -0.05) is 0 Å². The molecule has 0 saturated heterocycles. The molecule has 0 bridgehead atoms. The maximum Gasteiger partial charge on any atom is 0.407 e. The van der Waals surface area contributed by atoms with Crippen LogP contribution in [0, 0.1) is 0 Å². The highest BCUT2D eigenvalue weighted by atomic mass is 16.6. The molecule has 0 aromatic heterocycles. The summed E-state index contributed by atoms with van der Waals surface area (Å²) in [4.78, 5) is 46.8. The lowest BCUT2D eigenvalue weighted by molar-refractivity contribution is -0.142. The molecular formula is C18H33N3O7. The Bertz CT molecular complexity index is 518. The van der Waals surface area contributed by atoms with Gasteiger partial charge in [0.25, 0.3) is 0 Å². The fourth-order valence-electron chi connectivity index (χ4n) is 1.83. The van der Waals surface area contributed by atoms with Crippen molar-refractivity contribution < 1.29 is 33.4 Å². The molecule has 0 aromatic carbocycles. The topological polar surface area (TPSA) is 132 Å². The van der Waals surface area contributed by atoms with Crippen LogP contribution in [0.25, 0.3) is 0 Å². The molecule has 0 fully saturated rings. The summed E-state index contributed by atoms with van der Waals surface area (Å²) in [5, 5.41) is 7.71. The Morgan fingerprint density at radius 1 is 0.786 bits per heavy atom. The molecule has 0 radical (unpaired) electrons. The maximum absolute atomic E-state index is 12.0. The summed E-state index contributed by atoms with van der Waals surface area (Å²) in [6, 6.07) is -0.634. The lowest BCUT2D eigenvalue weighted by Crippen LogP contribution is -2.51. The molecule has 10 nitrogen and oxygen atoms in total. The Kier molecular flexibility index (Phi) is 10.3. The van der Waals surface area contributed by atoms with Gasteiger partial charge >= 0.3 is 18.2 Å². The lowest BCUT2D eigenvalue weighted by Gasteiger charge is -2.24. The number of esters is 1. The van der Waals surface area contributed by atoms with Gasteiger partial charge in [0, 0.05) is 19.5 Å². The first-order chi connectivity index (χ1) is 12.7. The van der Waals surface area contributed by atoms with Crippen LogP contribution in [0.5, 0.6) is 0 Å². The first kappa shape index (κ1) is 25.5. The standard InChI is InChI=1S/C18H33N3O7/c1-17(2,3)27-15(24)19-10-12(11-20-16(25)28-18(4,5)6)21-13(22)8-9-14(23)26-7/h12H,8-11H2,1-7H3,(H,19,24)(H,20,25)(H,21,22). The van der Waals surface area contributed by atoms with E-state index in [9.17, 15) is 19.2 Å². The van der Waals surface area contributed by atoms with Gasteiger partial charge in [-0.2, -0.15) is 0 Å². The third kappa shape index (κ3) is 14.6. The SMILES string of the molecule is COC(=O)CCC(=O)NC(CNC(=O)OC(C)(C)C)CNC(=O)OC(C)(C)C. The molecule has 162 valence electrons. The molecule has 3 N–H and O–H groups in total. The van der Waals surface area contributed by atoms with E-state index in [1.165, 1.54) is 7.11 Å². The van der Waals surface area contributed by atoms with Gasteiger partial charge in [-0.25, -0.2) is 9.59 Å². The Morgan fingerprint density at radius 2 is 1.21 bits per heavy atom. The van der Waals surface area contributed by atoms with Crippen molar-refractivity contribution >= 4 is 24.1 Å². The maximum atomic E-state index is 12.0. The van der Waals surface area contributed by atoms with Gasteiger partial charge in [0.15, 0.2) is 0 Å². The van der Waals surface area contributed by atoms with Crippen LogP contribution in [0.2, 0.25) is 0 Å². The fraction of sp³-hybridized carbons (Fsp3) is 0.778. The molecule has 0 heterocycles. The second kappa shape index (κ2) is 11.4. The second-order valence-corrected chi connectivity index (χ2v) is 8.11. The molecular weight excluding hydrogens is 370 g/mol. The largest absolute Gasteiger partial charge is 0.469 e. The molecule has 0 saturated carbocycles. The summed E-state index contributed by atoms with van der Waals surface area (Å²) in [5.41, 5.74) is -1.34. The van der Waals surface area contributed by atoms with Crippen LogP contribution in [-0.4, -0.2) is 61.5 Å². The Morgan fingerprint density at radius 3 is 1.57 bits per heavy atom. The Balaban J connectivity index is 4.72. The van der Waals surface area contributed by atoms with E-state index in [2.05, 4.69) is 20.7 Å². The number of hydrogen-bond donors (Lipinski definition) is 3. The van der Waals surface area contributed by atoms with Gasteiger partial charge in [-0.3, -0.25) is 9.59 Å². The van der Waals surface area contributed by atoms with Gasteiger partial charge in [0.2, 0.25) is 5.91 Å². The first-order valence-corrected chi connectivity index (χ1v) is 9.01. The van der Waals surface area contributed by atoms with E-state index < -0.39 is 41.3 Å². The minimum atomic E-state index is -0.669. The molecule has 0 unspecified atom stereocenters. The number of hydrogen-bond acceptors (Lipinski definition) is 7. The normalized spacial score (nSPS) is 11.4. The zero-order valence-corrected chi connectivity index (χ0v) is 17.8. The van der Waals surface area contributed by atoms with Crippen molar-refractivity contribution in [2.75, 3.05) is 20.2 Å². The Hall–Kier alpha value is -2.52. The summed E-state index contributed by atoms with van der Waals surface area (Å²) < 4.78 is 14.8. The Labute approximate surface area is 166 Å². The van der Waals surface area contributed by atoms with Crippen LogP contribution in [0.1, 0.15) is 54.4 Å². The molecule has 0 aliphatic rings. The van der Waals surface area contributed by atoms with Gasteiger partial charge in [0.1, 0.15) is 11.2 Å². The number of alkyl carbamates (subject to hydrolysis) is 2. The van der Waals surface area contributed by atoms with Crippen molar-refractivity contribution in [3.8, 4) is 0 Å². The van der Waals surface area contributed by atoms with Gasteiger partial charge in [-0.15, -0.1) is 0 Å². The highest BCUT2D eigenvalue weighted by Crippen LogP contribution is 2.07. The minimum Gasteiger partial charge on any atom is -0.469 e. The van der Waals surface area contributed by atoms with E-state index in [4.69, 9.17) is 9.47 Å². The number of carbonyl (C=O) groups is 4. The smallest absolute Gasteiger partial charge is 0.407 e. The van der Waals surface area contributed by atoms with Crippen molar-refractivity contribution in [2.24, 2.45) is 0 Å². The third-order valence-electron chi connectivity index (χ3n) is 2.93. The van der Waals surface area contributed by atoms with Crippen LogP contribution in [0.15, 0.2) is 0 Å². The molecule has 0 aliphatic heterocycles. The summed E-state index contributed by atoms with van der Waals surface area (Å²) in [6.07, 6.45) is -1.46. The summed E-state index contributed by atoms with van der Waals surface area (Å²) >= 11 is 0. The number of ether oxygens (including phenoxy) is 3. The van der Waals surface area contributed by atoms with Gasteiger partial charge in [-0.05, 0) is 41.5 Å². The van der Waals surface area contributed by atoms with Crippen LogP contribution < -0.4 is 16.0 Å². The number of carbonyl (C=O) groups excluding carboxylic acids is 4. The number of rotatable bonds is 8. The molecule has 0 aliphatic carbocycles. The molecule has 28 heavy (non-hydrogen) atoms. The summed E-state index contributed by atoms with van der Waals surface area (Å²) in [7, 11) is 1.23. The van der Waals surface area contributed by atoms with E-state index in [0.29, 0.717) is 0 Å². The second-order valence-electron chi connectivity index (χ2n) is 8.11. The third-order valence-corrected chi connectivity index (χ3v) is 2.93. The quantitative estimate of drug-likeness (QED) is 0.413. The van der Waals surface area contributed by atoms with E-state index >= 15 is 0 Å². The van der Waals surface area contributed by atoms with Crippen molar-refractivity contribution in [3.05, 3.63) is 0 Å². The van der Waals surface area contributed by atoms with Crippen molar-refractivity contribution in [1.29, 1.82) is 0 Å². The highest BCUT2D eigenvalue weighted by Gasteiger charge is 2.21. The van der Waals surface area contributed by atoms with Crippen LogP contribution in [0.4, 0.5) is 9.59 Å². The monoisotopic (exact) mass is 403 g/mol. The number of methoxy groups -OCH3 is 1. The van der Waals surface area contributed by atoms with E-state index in [1.807, 2.05) is 0 Å². The van der Waals surface area contributed by atoms with E-state index in [1.54, 1.807) is 41.5 Å². The zero-order chi connectivity index (χ0) is 22.0. The van der Waals surface area contributed by atoms with Crippen LogP contribution in [-0.2, 0) is 23.8 Å². The van der Waals surface area contributed by atoms with E-state index in [-0.39, 0.29) is 25.9 Å². The lowest BCUT2D eigenvalue weighted by atomic mass is 10.2. The van der Waals surface area contributed by atoms with Gasteiger partial charge in [0.05, 0.1) is 19.6 Å². The average Bonchev–Trinajstić information content (AvgIpc) is 2.51. The number of nitrogens with one attached hydrogen (secondary N) is 3. The minimum absolute atomic E-state index is 0.00861. The van der Waals surface area contributed by atoms with E-state index in [0.717, 1.165) is 0 Å². The summed E-state index contributed by atoms with van der Waals surface area (Å²) in [6.45, 7) is 10.4. The first-order valence-electron chi connectivity index (χ1n) is 9.01. The average molecular weight is 403 g/mol. The van der Waals surface area contributed by atoms with Crippen molar-refractivity contribution in [1.82, 2.24) is 16.0 Å². The predicted octanol–water partition coefficient (Wildman–Crippen LogP) is 1.47. The van der Waals surface area contributed by atoms with Crippen molar-refractivity contribution in [2.45, 2.75) is 71.6 Å². The molecule has 0 aromatic rings. The molecule has 10 heteroatoms. The number of amides is 3. The fourth-order valence-corrected chi connectivity index (χ4v) is 1.83. The van der Waals surface area contributed by atoms with Crippen molar-refractivity contribution in [3.63, 3.8) is 0 Å². The predicted molar refractivity (Wildman–Crippen MR) is 102 cm³/mol. The highest BCUT2D eigenvalue weighted by molar-refractivity contribution is 5.81. The molecule has 3 amide bonds.